The van der Waals surface area contributed by atoms with Crippen LogP contribution < -0.4 is 20.7 Å². The minimum absolute atomic E-state index is 0.0429. The zero-order valence-corrected chi connectivity index (χ0v) is 17.0. The Morgan fingerprint density at radius 1 is 1.27 bits per heavy atom. The largest absolute Gasteiger partial charge is 0.476 e. The first-order chi connectivity index (χ1) is 14.2. The van der Waals surface area contributed by atoms with Gasteiger partial charge in [0.2, 0.25) is 11.8 Å². The number of likely N-dealkylation sites (tertiary alicyclic amines) is 1. The van der Waals surface area contributed by atoms with Crippen molar-refractivity contribution in [3.8, 4) is 5.88 Å². The molecule has 1 saturated carbocycles. The molecule has 3 heterocycles. The van der Waals surface area contributed by atoms with Crippen molar-refractivity contribution >= 4 is 17.5 Å². The van der Waals surface area contributed by atoms with Crippen LogP contribution in [-0.4, -0.2) is 72.5 Å². The number of nitrogens with one attached hydrogen (secondary N) is 1. The van der Waals surface area contributed by atoms with Crippen LogP contribution in [0.1, 0.15) is 36.7 Å². The van der Waals surface area contributed by atoms with Crippen LogP contribution in [0.2, 0.25) is 0 Å². The second kappa shape index (κ2) is 7.64. The number of nitrogens with zero attached hydrogens (tertiary/aromatic N) is 3. The topological polar surface area (TPSA) is 101 Å². The molecule has 0 aromatic carbocycles. The number of rotatable bonds is 9. The molecule has 0 atom stereocenters. The SMILES string of the molecule is CCN1CC(CC(N)=O)(NC(=O)c2ccc(N3CC(F)(F)C3)c(OCC3CC3)n2)C1. The maximum absolute atomic E-state index is 13.3. The van der Waals surface area contributed by atoms with E-state index < -0.39 is 36.4 Å². The van der Waals surface area contributed by atoms with Crippen molar-refractivity contribution in [1.29, 1.82) is 0 Å². The molecule has 2 saturated heterocycles. The van der Waals surface area contributed by atoms with Gasteiger partial charge in [-0.1, -0.05) is 6.92 Å². The van der Waals surface area contributed by atoms with Crippen molar-refractivity contribution in [2.45, 2.75) is 37.6 Å². The number of anilines is 1. The number of carbonyl (C=O) groups is 2. The maximum Gasteiger partial charge on any atom is 0.282 e. The van der Waals surface area contributed by atoms with Crippen LogP contribution in [0.4, 0.5) is 14.5 Å². The van der Waals surface area contributed by atoms with E-state index in [-0.39, 0.29) is 18.0 Å². The summed E-state index contributed by atoms with van der Waals surface area (Å²) in [6, 6.07) is 3.10. The van der Waals surface area contributed by atoms with Crippen molar-refractivity contribution in [2.75, 3.05) is 44.2 Å². The van der Waals surface area contributed by atoms with E-state index in [9.17, 15) is 18.4 Å². The van der Waals surface area contributed by atoms with Gasteiger partial charge in [-0.3, -0.25) is 14.5 Å². The second-order valence-electron chi connectivity index (χ2n) is 8.67. The monoisotopic (exact) mass is 423 g/mol. The number of aromatic nitrogens is 1. The Morgan fingerprint density at radius 2 is 1.97 bits per heavy atom. The number of pyridine rings is 1. The fraction of sp³-hybridized carbons (Fsp3) is 0.650. The Hall–Kier alpha value is -2.49. The number of alkyl halides is 2. The van der Waals surface area contributed by atoms with E-state index >= 15 is 0 Å². The highest BCUT2D eigenvalue weighted by Crippen LogP contribution is 2.38. The van der Waals surface area contributed by atoms with Gasteiger partial charge in [0.05, 0.1) is 31.7 Å². The van der Waals surface area contributed by atoms with Gasteiger partial charge in [-0.05, 0) is 37.4 Å². The Kier molecular flexibility index (Phi) is 5.29. The molecule has 4 rings (SSSR count). The standard InChI is InChI=1S/C20H27F2N5O3/c1-2-26-9-19(10-26,7-16(23)28)25-17(29)14-5-6-15(27-11-20(21,22)12-27)18(24-14)30-8-13-3-4-13/h5-6,13H,2-4,7-12H2,1H3,(H2,23,28)(H,25,29). The first kappa shape index (κ1) is 20.8. The molecule has 10 heteroatoms. The lowest BCUT2D eigenvalue weighted by atomic mass is 9.85. The van der Waals surface area contributed by atoms with Crippen LogP contribution in [0, 0.1) is 5.92 Å². The molecule has 8 nitrogen and oxygen atoms in total. The molecule has 0 spiro atoms. The highest BCUT2D eigenvalue weighted by atomic mass is 19.3. The van der Waals surface area contributed by atoms with Gasteiger partial charge in [0.1, 0.15) is 11.4 Å². The summed E-state index contributed by atoms with van der Waals surface area (Å²) in [6.45, 7) is 3.53. The van der Waals surface area contributed by atoms with Crippen LogP contribution in [0.3, 0.4) is 0 Å². The fourth-order valence-electron chi connectivity index (χ4n) is 3.98. The third-order valence-electron chi connectivity index (χ3n) is 5.80. The lowest BCUT2D eigenvalue weighted by Gasteiger charge is -2.49. The first-order valence-corrected chi connectivity index (χ1v) is 10.3. The van der Waals surface area contributed by atoms with Crippen molar-refractivity contribution < 1.29 is 23.1 Å². The molecule has 164 valence electrons. The molecule has 1 aliphatic carbocycles. The Labute approximate surface area is 173 Å². The molecule has 0 unspecified atom stereocenters. The van der Waals surface area contributed by atoms with Crippen molar-refractivity contribution in [1.82, 2.24) is 15.2 Å². The second-order valence-corrected chi connectivity index (χ2v) is 8.67. The molecule has 3 N–H and O–H groups in total. The Balaban J connectivity index is 1.50. The number of hydrogen-bond acceptors (Lipinski definition) is 6. The number of nitrogens with two attached hydrogens (primary N) is 1. The predicted octanol–water partition coefficient (Wildman–Crippen LogP) is 1.01. The number of hydrogen-bond donors (Lipinski definition) is 2. The van der Waals surface area contributed by atoms with E-state index in [0.717, 1.165) is 19.4 Å². The highest BCUT2D eigenvalue weighted by molar-refractivity contribution is 5.94. The molecule has 1 aromatic rings. The summed E-state index contributed by atoms with van der Waals surface area (Å²) in [7, 11) is 0. The summed E-state index contributed by atoms with van der Waals surface area (Å²) in [5.41, 5.74) is 5.24. The van der Waals surface area contributed by atoms with E-state index in [1.165, 1.54) is 11.0 Å². The van der Waals surface area contributed by atoms with Gasteiger partial charge in [-0.25, -0.2) is 13.8 Å². The fourth-order valence-corrected chi connectivity index (χ4v) is 3.98. The van der Waals surface area contributed by atoms with Gasteiger partial charge in [0.15, 0.2) is 0 Å². The number of primary amides is 1. The Bertz CT molecular complexity index is 832. The van der Waals surface area contributed by atoms with Crippen LogP contribution in [-0.2, 0) is 4.79 Å². The van der Waals surface area contributed by atoms with E-state index in [4.69, 9.17) is 10.5 Å². The molecule has 3 aliphatic rings. The first-order valence-electron chi connectivity index (χ1n) is 10.3. The normalized spacial score (nSPS) is 22.0. The van der Waals surface area contributed by atoms with Gasteiger partial charge < -0.3 is 20.7 Å². The van der Waals surface area contributed by atoms with E-state index in [0.29, 0.717) is 31.3 Å². The van der Waals surface area contributed by atoms with Crippen LogP contribution in [0.15, 0.2) is 12.1 Å². The molecule has 2 amide bonds. The van der Waals surface area contributed by atoms with Gasteiger partial charge >= 0.3 is 0 Å². The maximum atomic E-state index is 13.3. The van der Waals surface area contributed by atoms with Gasteiger partial charge in [-0.15, -0.1) is 0 Å². The number of halogens is 2. The van der Waals surface area contributed by atoms with E-state index in [1.807, 2.05) is 6.92 Å². The van der Waals surface area contributed by atoms with Crippen molar-refractivity contribution in [3.63, 3.8) is 0 Å². The summed E-state index contributed by atoms with van der Waals surface area (Å²) in [4.78, 5) is 32.3. The highest BCUT2D eigenvalue weighted by Gasteiger charge is 2.46. The average molecular weight is 423 g/mol. The van der Waals surface area contributed by atoms with Crippen molar-refractivity contribution in [2.24, 2.45) is 11.7 Å². The number of ether oxygens (including phenoxy) is 1. The third kappa shape index (κ3) is 4.48. The van der Waals surface area contributed by atoms with Crippen LogP contribution in [0.25, 0.3) is 0 Å². The molecular formula is C20H27F2N5O3. The lowest BCUT2D eigenvalue weighted by molar-refractivity contribution is -0.121. The van der Waals surface area contributed by atoms with Crippen molar-refractivity contribution in [3.05, 3.63) is 17.8 Å². The summed E-state index contributed by atoms with van der Waals surface area (Å²) in [5.74, 6) is -3.01. The third-order valence-corrected chi connectivity index (χ3v) is 5.80. The smallest absolute Gasteiger partial charge is 0.282 e. The number of amides is 2. The predicted molar refractivity (Wildman–Crippen MR) is 106 cm³/mol. The Morgan fingerprint density at radius 3 is 2.53 bits per heavy atom. The van der Waals surface area contributed by atoms with Gasteiger partial charge in [0.25, 0.3) is 11.8 Å². The van der Waals surface area contributed by atoms with E-state index in [1.54, 1.807) is 6.07 Å². The lowest BCUT2D eigenvalue weighted by Crippen LogP contribution is -2.71. The van der Waals surface area contributed by atoms with E-state index in [2.05, 4.69) is 15.2 Å². The summed E-state index contributed by atoms with van der Waals surface area (Å²) >= 11 is 0. The van der Waals surface area contributed by atoms with Gasteiger partial charge in [-0.2, -0.15) is 0 Å². The van der Waals surface area contributed by atoms with Crippen LogP contribution in [0.5, 0.6) is 5.88 Å². The summed E-state index contributed by atoms with van der Waals surface area (Å²) in [5, 5.41) is 2.90. The zero-order valence-electron chi connectivity index (χ0n) is 17.0. The molecule has 1 aromatic heterocycles. The molecule has 0 radical (unpaired) electrons. The number of carbonyl (C=O) groups excluding carboxylic acids is 2. The number of likely N-dealkylation sites (N-methyl/N-ethyl adjacent to an activating group) is 1. The van der Waals surface area contributed by atoms with Crippen LogP contribution >= 0.6 is 0 Å². The molecule has 30 heavy (non-hydrogen) atoms. The minimum atomic E-state index is -2.72. The summed E-state index contributed by atoms with van der Waals surface area (Å²) in [6.07, 6.45) is 2.18. The molecule has 0 bridgehead atoms. The molecule has 2 aliphatic heterocycles. The average Bonchev–Trinajstić information content (AvgIpc) is 3.45. The quantitative estimate of drug-likeness (QED) is 0.615. The summed E-state index contributed by atoms with van der Waals surface area (Å²) < 4.78 is 32.4. The zero-order chi connectivity index (χ0) is 21.5. The molecular weight excluding hydrogens is 396 g/mol. The molecule has 3 fully saturated rings. The van der Waals surface area contributed by atoms with Gasteiger partial charge in [0, 0.05) is 13.1 Å². The minimum Gasteiger partial charge on any atom is -0.476 e.